The van der Waals surface area contributed by atoms with E-state index in [9.17, 15) is 5.11 Å². The quantitative estimate of drug-likeness (QED) is 0.225. The largest absolute Gasteiger partial charge is 0.481 e. The third-order valence-corrected chi connectivity index (χ3v) is 7.34. The molecule has 0 saturated carbocycles. The lowest BCUT2D eigenvalue weighted by Crippen LogP contribution is -2.38. The van der Waals surface area contributed by atoms with Crippen molar-refractivity contribution in [1.82, 2.24) is 14.9 Å². The van der Waals surface area contributed by atoms with Crippen molar-refractivity contribution in [1.29, 1.82) is 0 Å². The summed E-state index contributed by atoms with van der Waals surface area (Å²) >= 11 is 3.59. The first kappa shape index (κ1) is 28.8. The maximum absolute atomic E-state index is 13.0. The van der Waals surface area contributed by atoms with Gasteiger partial charge in [0.2, 0.25) is 17.6 Å². The summed E-state index contributed by atoms with van der Waals surface area (Å²) in [5, 5.41) is 13.9. The van der Waals surface area contributed by atoms with Gasteiger partial charge in [-0.2, -0.15) is 4.98 Å². The average molecular weight is 595 g/mol. The second kappa shape index (κ2) is 12.3. The molecule has 0 radical (unpaired) electrons. The summed E-state index contributed by atoms with van der Waals surface area (Å²) in [7, 11) is 7.17. The van der Waals surface area contributed by atoms with Gasteiger partial charge >= 0.3 is 0 Å². The van der Waals surface area contributed by atoms with E-state index in [1.165, 1.54) is 0 Å². The highest BCUT2D eigenvalue weighted by Crippen LogP contribution is 2.48. The second-order valence-electron chi connectivity index (χ2n) is 9.92. The summed E-state index contributed by atoms with van der Waals surface area (Å²) in [5.74, 6) is 0.691. The normalized spacial score (nSPS) is 13.8. The van der Waals surface area contributed by atoms with Gasteiger partial charge in [0.15, 0.2) is 0 Å². The number of ether oxygens (including phenoxy) is 3. The van der Waals surface area contributed by atoms with Crippen molar-refractivity contribution < 1.29 is 19.3 Å². The molecule has 2 heterocycles. The van der Waals surface area contributed by atoms with Crippen LogP contribution in [0.2, 0.25) is 0 Å². The highest BCUT2D eigenvalue weighted by Gasteiger charge is 2.43. The Morgan fingerprint density at radius 1 is 0.974 bits per heavy atom. The zero-order chi connectivity index (χ0) is 28.2. The van der Waals surface area contributed by atoms with Gasteiger partial charge in [0.05, 0.1) is 26.3 Å². The van der Waals surface area contributed by atoms with E-state index >= 15 is 0 Å². The van der Waals surface area contributed by atoms with E-state index in [0.29, 0.717) is 42.8 Å². The van der Waals surface area contributed by atoms with Crippen LogP contribution in [0.1, 0.15) is 41.5 Å². The first-order valence-corrected chi connectivity index (χ1v) is 13.7. The third kappa shape index (κ3) is 6.35. The van der Waals surface area contributed by atoms with Crippen molar-refractivity contribution >= 4 is 26.8 Å². The number of aryl methyl sites for hydroxylation is 1. The predicted molar refractivity (Wildman–Crippen MR) is 158 cm³/mol. The van der Waals surface area contributed by atoms with Crippen LogP contribution in [-0.2, 0) is 5.60 Å². The molecule has 39 heavy (non-hydrogen) atoms. The van der Waals surface area contributed by atoms with Gasteiger partial charge in [-0.25, -0.2) is 4.98 Å². The summed E-state index contributed by atoms with van der Waals surface area (Å²) in [5.41, 5.74) is 2.85. The molecule has 8 heteroatoms. The van der Waals surface area contributed by atoms with Gasteiger partial charge in [-0.3, -0.25) is 0 Å². The Balaban J connectivity index is 2.07. The van der Waals surface area contributed by atoms with Crippen molar-refractivity contribution in [3.05, 3.63) is 87.4 Å². The number of hydrogen-bond acceptors (Lipinski definition) is 7. The first-order chi connectivity index (χ1) is 18.7. The molecule has 0 spiro atoms. The number of methoxy groups -OCH3 is 2. The van der Waals surface area contributed by atoms with Crippen LogP contribution < -0.4 is 14.2 Å². The fraction of sp³-hybridized carbons (Fsp3) is 0.355. The summed E-state index contributed by atoms with van der Waals surface area (Å²) in [6.07, 6.45) is 0.414. The Hall–Kier alpha value is -3.20. The first-order valence-electron chi connectivity index (χ1n) is 13.0. The molecule has 2 aromatic carbocycles. The maximum Gasteiger partial charge on any atom is 0.217 e. The molecular weight excluding hydrogens is 558 g/mol. The van der Waals surface area contributed by atoms with Gasteiger partial charge in [-0.1, -0.05) is 45.8 Å². The van der Waals surface area contributed by atoms with Crippen molar-refractivity contribution in [3.8, 4) is 17.6 Å². The summed E-state index contributed by atoms with van der Waals surface area (Å²) in [6.45, 7) is 5.02. The Kier molecular flexibility index (Phi) is 9.10. The number of benzene rings is 2. The van der Waals surface area contributed by atoms with E-state index in [4.69, 9.17) is 19.2 Å². The van der Waals surface area contributed by atoms with Crippen LogP contribution in [-0.4, -0.2) is 61.4 Å². The van der Waals surface area contributed by atoms with Crippen LogP contribution in [0, 0.1) is 6.92 Å². The van der Waals surface area contributed by atoms with Crippen LogP contribution in [0.4, 0.5) is 0 Å². The van der Waals surface area contributed by atoms with Crippen molar-refractivity contribution in [2.45, 2.75) is 31.8 Å². The number of rotatable bonds is 11. The van der Waals surface area contributed by atoms with Crippen LogP contribution in [0.5, 0.6) is 17.6 Å². The molecule has 0 aliphatic carbocycles. The third-order valence-electron chi connectivity index (χ3n) is 6.85. The van der Waals surface area contributed by atoms with Crippen LogP contribution in [0.25, 0.3) is 10.9 Å². The summed E-state index contributed by atoms with van der Waals surface area (Å²) in [4.78, 5) is 11.4. The molecule has 1 N–H and O–H groups in total. The molecule has 0 fully saturated rings. The van der Waals surface area contributed by atoms with Crippen molar-refractivity contribution in [2.75, 3.05) is 41.5 Å². The van der Waals surface area contributed by atoms with Gasteiger partial charge in [-0.05, 0) is 69.8 Å². The van der Waals surface area contributed by atoms with Crippen LogP contribution in [0.3, 0.4) is 0 Å². The highest BCUT2D eigenvalue weighted by atomic mass is 79.9. The Bertz CT molecular complexity index is 1450. The van der Waals surface area contributed by atoms with E-state index in [-0.39, 0.29) is 0 Å². The molecule has 2 atom stereocenters. The molecule has 2 aromatic heterocycles. The summed E-state index contributed by atoms with van der Waals surface area (Å²) < 4.78 is 18.1. The zero-order valence-corrected chi connectivity index (χ0v) is 24.9. The Morgan fingerprint density at radius 3 is 2.41 bits per heavy atom. The number of halogens is 1. The van der Waals surface area contributed by atoms with Gasteiger partial charge in [0.1, 0.15) is 5.60 Å². The molecule has 4 aromatic rings. The molecular formula is C31H36BrN3O4. The lowest BCUT2D eigenvalue weighted by Gasteiger charge is -2.39. The average Bonchev–Trinajstić information content (AvgIpc) is 2.91. The number of fused-ring (bicyclic) bond motifs is 1. The Labute approximate surface area is 238 Å². The minimum atomic E-state index is -1.41. The van der Waals surface area contributed by atoms with Gasteiger partial charge in [0.25, 0.3) is 0 Å². The maximum atomic E-state index is 13.0. The molecule has 206 valence electrons. The number of aliphatic hydroxyl groups is 1. The zero-order valence-electron chi connectivity index (χ0n) is 23.4. The smallest absolute Gasteiger partial charge is 0.217 e. The van der Waals surface area contributed by atoms with Gasteiger partial charge in [-0.15, -0.1) is 0 Å². The molecule has 0 bridgehead atoms. The molecule has 0 amide bonds. The van der Waals surface area contributed by atoms with E-state index in [2.05, 4.69) is 50.9 Å². The molecule has 4 rings (SSSR count). The number of aromatic nitrogens is 2. The monoisotopic (exact) mass is 593 g/mol. The predicted octanol–water partition coefficient (Wildman–Crippen LogP) is 6.09. The minimum Gasteiger partial charge on any atom is -0.481 e. The topological polar surface area (TPSA) is 76.9 Å². The fourth-order valence-electron chi connectivity index (χ4n) is 4.99. The molecule has 0 aliphatic heterocycles. The molecule has 0 aliphatic rings. The van der Waals surface area contributed by atoms with Gasteiger partial charge < -0.3 is 24.2 Å². The molecule has 0 unspecified atom stereocenters. The molecule has 0 saturated heterocycles. The standard InChI is InChI=1S/C31H36BrN3O4/c1-7-39-28-19-23(18-27(34-28)37-5)31(36,13-14-35(3)4)29(21-10-8-9-20(2)15-21)25-17-22-16-24(32)11-12-26(22)33-30(25)38-6/h8-12,15-19,29,36H,7,13-14H2,1-6H3/t29-,31-/m1/s1. The lowest BCUT2D eigenvalue weighted by atomic mass is 9.71. The number of nitrogens with zero attached hydrogens (tertiary/aromatic N) is 3. The Morgan fingerprint density at radius 2 is 1.74 bits per heavy atom. The fourth-order valence-corrected chi connectivity index (χ4v) is 5.36. The number of hydrogen-bond donors (Lipinski definition) is 1. The van der Waals surface area contributed by atoms with E-state index < -0.39 is 11.5 Å². The van der Waals surface area contributed by atoms with E-state index in [1.54, 1.807) is 20.3 Å². The second-order valence-corrected chi connectivity index (χ2v) is 10.8. The van der Waals surface area contributed by atoms with Crippen molar-refractivity contribution in [2.24, 2.45) is 0 Å². The van der Waals surface area contributed by atoms with E-state index in [0.717, 1.165) is 32.1 Å². The summed E-state index contributed by atoms with van der Waals surface area (Å²) in [6, 6.07) is 19.8. The minimum absolute atomic E-state index is 0.370. The lowest BCUT2D eigenvalue weighted by molar-refractivity contribution is 0.00326. The number of pyridine rings is 2. The molecule has 7 nitrogen and oxygen atoms in total. The van der Waals surface area contributed by atoms with Gasteiger partial charge in [0, 0.05) is 40.0 Å². The van der Waals surface area contributed by atoms with Crippen LogP contribution in [0.15, 0.2) is 65.1 Å². The van der Waals surface area contributed by atoms with Crippen LogP contribution >= 0.6 is 15.9 Å². The van der Waals surface area contributed by atoms with E-state index in [1.807, 2.05) is 57.4 Å². The highest BCUT2D eigenvalue weighted by molar-refractivity contribution is 9.10. The SMILES string of the molecule is CCOc1cc([C@](O)(CCN(C)C)[C@H](c2cccc(C)c2)c2cc3cc(Br)ccc3nc2OC)cc(OC)n1. The van der Waals surface area contributed by atoms with Crippen molar-refractivity contribution in [3.63, 3.8) is 0 Å².